The molecule has 0 aliphatic heterocycles. The molecule has 0 amide bonds. The van der Waals surface area contributed by atoms with Crippen LogP contribution in [0.4, 0.5) is 5.69 Å². The van der Waals surface area contributed by atoms with Gasteiger partial charge in [0.05, 0.1) is 5.69 Å². The number of benzene rings is 2. The monoisotopic (exact) mass is 225 g/mol. The highest BCUT2D eigenvalue weighted by atomic mass is 16.3. The zero-order valence-corrected chi connectivity index (χ0v) is 10.0. The Kier molecular flexibility index (Phi) is 3.24. The molecule has 86 valence electrons. The number of nitrogens with zero attached hydrogens (tertiary/aromatic N) is 1. The SMILES string of the molecule is Cc1ccc(C)c(N=Cc2ccc(O)cc2)c1. The second-order valence-electron chi connectivity index (χ2n) is 4.14. The summed E-state index contributed by atoms with van der Waals surface area (Å²) < 4.78 is 0. The van der Waals surface area contributed by atoms with Crippen LogP contribution in [0.15, 0.2) is 47.5 Å². The van der Waals surface area contributed by atoms with Gasteiger partial charge in [0.25, 0.3) is 0 Å². The lowest BCUT2D eigenvalue weighted by Gasteiger charge is -2.01. The van der Waals surface area contributed by atoms with Crippen LogP contribution in [0, 0.1) is 13.8 Å². The van der Waals surface area contributed by atoms with Crippen LogP contribution in [0.3, 0.4) is 0 Å². The van der Waals surface area contributed by atoms with Gasteiger partial charge in [-0.05, 0) is 60.9 Å². The molecule has 0 bridgehead atoms. The van der Waals surface area contributed by atoms with E-state index >= 15 is 0 Å². The van der Waals surface area contributed by atoms with E-state index < -0.39 is 0 Å². The standard InChI is InChI=1S/C15H15NO/c1-11-3-4-12(2)15(9-11)16-10-13-5-7-14(17)8-6-13/h3-10,17H,1-2H3. The fourth-order valence-electron chi connectivity index (χ4n) is 1.56. The second kappa shape index (κ2) is 4.83. The number of phenolic OH excluding ortho intramolecular Hbond substituents is 1. The maximum absolute atomic E-state index is 9.18. The summed E-state index contributed by atoms with van der Waals surface area (Å²) >= 11 is 0. The smallest absolute Gasteiger partial charge is 0.115 e. The van der Waals surface area contributed by atoms with Crippen molar-refractivity contribution in [2.45, 2.75) is 13.8 Å². The van der Waals surface area contributed by atoms with Crippen molar-refractivity contribution in [3.63, 3.8) is 0 Å². The molecule has 1 N–H and O–H groups in total. The first-order valence-electron chi connectivity index (χ1n) is 5.55. The number of hydrogen-bond acceptors (Lipinski definition) is 2. The van der Waals surface area contributed by atoms with Crippen LogP contribution in [0.5, 0.6) is 5.75 Å². The van der Waals surface area contributed by atoms with Crippen molar-refractivity contribution in [1.82, 2.24) is 0 Å². The van der Waals surface area contributed by atoms with Crippen molar-refractivity contribution in [3.05, 3.63) is 59.2 Å². The summed E-state index contributed by atoms with van der Waals surface area (Å²) in [6, 6.07) is 13.2. The molecule has 0 unspecified atom stereocenters. The zero-order chi connectivity index (χ0) is 12.3. The van der Waals surface area contributed by atoms with Crippen molar-refractivity contribution in [1.29, 1.82) is 0 Å². The average Bonchev–Trinajstić information content (AvgIpc) is 2.32. The molecule has 0 saturated heterocycles. The molecule has 0 aliphatic carbocycles. The van der Waals surface area contributed by atoms with Crippen LogP contribution in [-0.2, 0) is 0 Å². The molecule has 0 fully saturated rings. The average molecular weight is 225 g/mol. The number of phenols is 1. The lowest BCUT2D eigenvalue weighted by atomic mass is 10.1. The van der Waals surface area contributed by atoms with Gasteiger partial charge in [-0.1, -0.05) is 12.1 Å². The molecular weight excluding hydrogens is 210 g/mol. The van der Waals surface area contributed by atoms with E-state index in [4.69, 9.17) is 0 Å². The van der Waals surface area contributed by atoms with Gasteiger partial charge in [-0.3, -0.25) is 4.99 Å². The Morgan fingerprint density at radius 3 is 2.41 bits per heavy atom. The third kappa shape index (κ3) is 2.94. The van der Waals surface area contributed by atoms with Crippen LogP contribution in [0.2, 0.25) is 0 Å². The Morgan fingerprint density at radius 2 is 1.71 bits per heavy atom. The largest absolute Gasteiger partial charge is 0.508 e. The van der Waals surface area contributed by atoms with E-state index in [2.05, 4.69) is 30.1 Å². The highest BCUT2D eigenvalue weighted by Crippen LogP contribution is 2.19. The second-order valence-corrected chi connectivity index (χ2v) is 4.14. The van der Waals surface area contributed by atoms with Crippen molar-refractivity contribution in [2.75, 3.05) is 0 Å². The highest BCUT2D eigenvalue weighted by molar-refractivity contribution is 5.82. The van der Waals surface area contributed by atoms with Crippen molar-refractivity contribution < 1.29 is 5.11 Å². The van der Waals surface area contributed by atoms with Gasteiger partial charge in [0, 0.05) is 6.21 Å². The number of hydrogen-bond donors (Lipinski definition) is 1. The molecule has 17 heavy (non-hydrogen) atoms. The van der Waals surface area contributed by atoms with E-state index in [1.165, 1.54) is 5.56 Å². The fourth-order valence-corrected chi connectivity index (χ4v) is 1.56. The van der Waals surface area contributed by atoms with Crippen LogP contribution < -0.4 is 0 Å². The molecule has 0 radical (unpaired) electrons. The quantitative estimate of drug-likeness (QED) is 0.775. The van der Waals surface area contributed by atoms with E-state index in [-0.39, 0.29) is 5.75 Å². The van der Waals surface area contributed by atoms with Gasteiger partial charge < -0.3 is 5.11 Å². The summed E-state index contributed by atoms with van der Waals surface area (Å²) in [6.45, 7) is 4.10. The number of aliphatic imine (C=N–C) groups is 1. The molecule has 0 aromatic heterocycles. The van der Waals surface area contributed by atoms with Gasteiger partial charge in [-0.25, -0.2) is 0 Å². The van der Waals surface area contributed by atoms with E-state index in [0.717, 1.165) is 16.8 Å². The maximum atomic E-state index is 9.18. The van der Waals surface area contributed by atoms with E-state index in [9.17, 15) is 5.11 Å². The third-order valence-corrected chi connectivity index (χ3v) is 2.61. The summed E-state index contributed by atoms with van der Waals surface area (Å²) in [4.78, 5) is 4.46. The first kappa shape index (κ1) is 11.4. The minimum atomic E-state index is 0.272. The third-order valence-electron chi connectivity index (χ3n) is 2.61. The van der Waals surface area contributed by atoms with Crippen LogP contribution in [0.25, 0.3) is 0 Å². The summed E-state index contributed by atoms with van der Waals surface area (Å²) in [5, 5.41) is 9.18. The lowest BCUT2D eigenvalue weighted by Crippen LogP contribution is -1.81. The minimum Gasteiger partial charge on any atom is -0.508 e. The molecule has 2 nitrogen and oxygen atoms in total. The molecule has 2 aromatic carbocycles. The van der Waals surface area contributed by atoms with E-state index in [1.807, 2.05) is 19.1 Å². The Morgan fingerprint density at radius 1 is 1.00 bits per heavy atom. The Balaban J connectivity index is 2.25. The van der Waals surface area contributed by atoms with Crippen LogP contribution >= 0.6 is 0 Å². The topological polar surface area (TPSA) is 32.6 Å². The summed E-state index contributed by atoms with van der Waals surface area (Å²) in [5.41, 5.74) is 4.32. The predicted octanol–water partition coefficient (Wildman–Crippen LogP) is 3.76. The van der Waals surface area contributed by atoms with Crippen LogP contribution in [0.1, 0.15) is 16.7 Å². The van der Waals surface area contributed by atoms with Crippen molar-refractivity contribution in [2.24, 2.45) is 4.99 Å². The van der Waals surface area contributed by atoms with Gasteiger partial charge >= 0.3 is 0 Å². The molecule has 0 aliphatic rings. The van der Waals surface area contributed by atoms with Gasteiger partial charge in [-0.2, -0.15) is 0 Å². The van der Waals surface area contributed by atoms with Gasteiger partial charge in [0.15, 0.2) is 0 Å². The van der Waals surface area contributed by atoms with E-state index in [0.29, 0.717) is 0 Å². The minimum absolute atomic E-state index is 0.272. The molecule has 2 aromatic rings. The number of aryl methyl sites for hydroxylation is 2. The summed E-state index contributed by atoms with van der Waals surface area (Å²) in [6.07, 6.45) is 1.81. The molecule has 2 rings (SSSR count). The number of rotatable bonds is 2. The predicted molar refractivity (Wildman–Crippen MR) is 71.3 cm³/mol. The molecule has 0 heterocycles. The molecule has 0 saturated carbocycles. The summed E-state index contributed by atoms with van der Waals surface area (Å²) in [5.74, 6) is 0.272. The summed E-state index contributed by atoms with van der Waals surface area (Å²) in [7, 11) is 0. The van der Waals surface area contributed by atoms with Crippen molar-refractivity contribution in [3.8, 4) is 5.75 Å². The molecule has 0 atom stereocenters. The number of aromatic hydroxyl groups is 1. The lowest BCUT2D eigenvalue weighted by molar-refractivity contribution is 0.475. The van der Waals surface area contributed by atoms with E-state index in [1.54, 1.807) is 18.3 Å². The van der Waals surface area contributed by atoms with Crippen LogP contribution in [-0.4, -0.2) is 11.3 Å². The van der Waals surface area contributed by atoms with Crippen molar-refractivity contribution >= 4 is 11.9 Å². The first-order chi connectivity index (χ1) is 8.15. The Labute approximate surface area is 101 Å². The van der Waals surface area contributed by atoms with Gasteiger partial charge in [0.2, 0.25) is 0 Å². The van der Waals surface area contributed by atoms with Gasteiger partial charge in [0.1, 0.15) is 5.75 Å². The normalized spacial score (nSPS) is 10.9. The first-order valence-corrected chi connectivity index (χ1v) is 5.55. The molecule has 2 heteroatoms. The highest BCUT2D eigenvalue weighted by Gasteiger charge is 1.95. The molecule has 0 spiro atoms. The van der Waals surface area contributed by atoms with Gasteiger partial charge in [-0.15, -0.1) is 0 Å². The Bertz CT molecular complexity index is 541. The fraction of sp³-hybridized carbons (Fsp3) is 0.133. The zero-order valence-electron chi connectivity index (χ0n) is 10.0. The Hall–Kier alpha value is -2.09. The molecular formula is C15H15NO. The maximum Gasteiger partial charge on any atom is 0.115 e.